The molecule has 5 atom stereocenters. The summed E-state index contributed by atoms with van der Waals surface area (Å²) in [4.78, 5) is 12.2. The van der Waals surface area contributed by atoms with Gasteiger partial charge in [-0.1, -0.05) is 20.3 Å². The summed E-state index contributed by atoms with van der Waals surface area (Å²) in [5.74, 6) is 0.376. The smallest absolute Gasteiger partial charge is 0.168 e. The van der Waals surface area contributed by atoms with Crippen LogP contribution in [0.25, 0.3) is 11.2 Å². The Bertz CT molecular complexity index is 686. The molecule has 0 radical (unpaired) electrons. The highest BCUT2D eigenvalue weighted by Gasteiger charge is 2.54. The highest BCUT2D eigenvalue weighted by atomic mass is 16.6. The van der Waals surface area contributed by atoms with E-state index in [2.05, 4.69) is 15.0 Å². The van der Waals surface area contributed by atoms with Gasteiger partial charge in [-0.15, -0.1) is 0 Å². The van der Waals surface area contributed by atoms with Crippen LogP contribution in [0.5, 0.6) is 0 Å². The minimum absolute atomic E-state index is 0.112. The fraction of sp³-hybridized carbons (Fsp3) is 0.643. The number of nitrogen functional groups attached to an aromatic ring is 1. The van der Waals surface area contributed by atoms with Crippen molar-refractivity contribution in [1.82, 2.24) is 19.5 Å². The maximum absolute atomic E-state index is 10.7. The second kappa shape index (κ2) is 5.15. The van der Waals surface area contributed by atoms with E-state index >= 15 is 0 Å². The van der Waals surface area contributed by atoms with Crippen molar-refractivity contribution >= 4 is 17.0 Å². The molecule has 120 valence electrons. The maximum Gasteiger partial charge on any atom is 0.168 e. The van der Waals surface area contributed by atoms with Crippen molar-refractivity contribution in [3.05, 3.63) is 12.7 Å². The summed E-state index contributed by atoms with van der Waals surface area (Å²) in [5.41, 5.74) is 5.24. The van der Waals surface area contributed by atoms with Crippen LogP contribution in [0.3, 0.4) is 0 Å². The number of nitrogens with zero attached hydrogens (tertiary/aromatic N) is 4. The van der Waals surface area contributed by atoms with Crippen molar-refractivity contribution in [1.29, 1.82) is 0 Å². The van der Waals surface area contributed by atoms with Gasteiger partial charge in [-0.2, -0.15) is 0 Å². The average Bonchev–Trinajstić information content (AvgIpc) is 3.00. The summed E-state index contributed by atoms with van der Waals surface area (Å²) < 4.78 is 7.55. The van der Waals surface area contributed by atoms with Gasteiger partial charge >= 0.3 is 0 Å². The van der Waals surface area contributed by atoms with E-state index in [9.17, 15) is 10.2 Å². The van der Waals surface area contributed by atoms with Gasteiger partial charge in [0.15, 0.2) is 17.7 Å². The molecule has 1 fully saturated rings. The molecule has 0 amide bonds. The third-order valence-corrected chi connectivity index (χ3v) is 4.54. The van der Waals surface area contributed by atoms with Crippen LogP contribution in [0.15, 0.2) is 12.7 Å². The topological polar surface area (TPSA) is 119 Å². The molecule has 3 heterocycles. The zero-order valence-corrected chi connectivity index (χ0v) is 12.8. The Balaban J connectivity index is 2.05. The zero-order valence-electron chi connectivity index (χ0n) is 12.8. The Labute approximate surface area is 128 Å². The van der Waals surface area contributed by atoms with Gasteiger partial charge in [0.2, 0.25) is 0 Å². The number of aromatic nitrogens is 4. The molecule has 22 heavy (non-hydrogen) atoms. The van der Waals surface area contributed by atoms with E-state index < -0.39 is 24.0 Å². The van der Waals surface area contributed by atoms with Crippen LogP contribution in [-0.4, -0.2) is 47.5 Å². The number of nitrogens with two attached hydrogens (primary N) is 1. The molecule has 0 bridgehead atoms. The number of fused-ring (bicyclic) bond motifs is 1. The molecular weight excluding hydrogens is 286 g/mol. The number of imidazole rings is 1. The largest absolute Gasteiger partial charge is 0.387 e. The number of hydrogen-bond donors (Lipinski definition) is 3. The lowest BCUT2D eigenvalue weighted by Crippen LogP contribution is -2.44. The highest BCUT2D eigenvalue weighted by Crippen LogP contribution is 2.42. The highest BCUT2D eigenvalue weighted by molar-refractivity contribution is 5.81. The maximum atomic E-state index is 10.7. The molecule has 0 spiro atoms. The number of rotatable bonds is 3. The van der Waals surface area contributed by atoms with E-state index in [-0.39, 0.29) is 11.7 Å². The van der Waals surface area contributed by atoms with Crippen molar-refractivity contribution in [3.8, 4) is 0 Å². The molecule has 0 aromatic carbocycles. The predicted octanol–water partition coefficient (Wildman–Crippen LogP) is 0.464. The fourth-order valence-corrected chi connectivity index (χ4v) is 2.91. The van der Waals surface area contributed by atoms with Crippen molar-refractivity contribution in [2.24, 2.45) is 5.92 Å². The normalized spacial score (nSPS) is 33.4. The Morgan fingerprint density at radius 3 is 2.86 bits per heavy atom. The lowest BCUT2D eigenvalue weighted by molar-refractivity contribution is -0.0953. The summed E-state index contributed by atoms with van der Waals surface area (Å²) in [6, 6.07) is 0. The molecule has 1 aliphatic heterocycles. The van der Waals surface area contributed by atoms with E-state index in [1.807, 2.05) is 13.8 Å². The third kappa shape index (κ3) is 2.06. The van der Waals surface area contributed by atoms with Crippen LogP contribution in [0, 0.1) is 5.92 Å². The summed E-state index contributed by atoms with van der Waals surface area (Å²) in [6.07, 6.45) is 1.43. The zero-order chi connectivity index (χ0) is 16.1. The van der Waals surface area contributed by atoms with Crippen molar-refractivity contribution < 1.29 is 14.9 Å². The van der Waals surface area contributed by atoms with Gasteiger partial charge in [-0.05, 0) is 12.8 Å². The van der Waals surface area contributed by atoms with Gasteiger partial charge in [0, 0.05) is 0 Å². The Kier molecular flexibility index (Phi) is 3.54. The summed E-state index contributed by atoms with van der Waals surface area (Å²) in [7, 11) is 0. The molecule has 4 N–H and O–H groups in total. The van der Waals surface area contributed by atoms with Crippen molar-refractivity contribution in [3.63, 3.8) is 0 Å². The van der Waals surface area contributed by atoms with E-state index in [0.717, 1.165) is 6.42 Å². The van der Waals surface area contributed by atoms with E-state index in [0.29, 0.717) is 11.2 Å². The predicted molar refractivity (Wildman–Crippen MR) is 79.7 cm³/mol. The number of anilines is 1. The van der Waals surface area contributed by atoms with Gasteiger partial charge < -0.3 is 20.7 Å². The van der Waals surface area contributed by atoms with Gasteiger partial charge in [0.05, 0.1) is 12.4 Å². The Hall–Kier alpha value is -1.77. The second-order valence-electron chi connectivity index (χ2n) is 6.09. The first-order valence-electron chi connectivity index (χ1n) is 7.36. The van der Waals surface area contributed by atoms with Gasteiger partial charge in [-0.25, -0.2) is 15.0 Å². The van der Waals surface area contributed by atoms with Crippen LogP contribution in [0.1, 0.15) is 33.4 Å². The molecule has 0 saturated carbocycles. The average molecular weight is 307 g/mol. The molecule has 2 aromatic rings. The SMILES string of the molecule is CCC(C)C1OC(n2cnc3c(N)ncnc32)C(C)(O)C1O. The first-order valence-corrected chi connectivity index (χ1v) is 7.36. The van der Waals surface area contributed by atoms with Crippen LogP contribution in [-0.2, 0) is 4.74 Å². The molecule has 2 aromatic heterocycles. The molecule has 0 aliphatic carbocycles. The monoisotopic (exact) mass is 307 g/mol. The quantitative estimate of drug-likeness (QED) is 0.753. The second-order valence-corrected chi connectivity index (χ2v) is 6.09. The Morgan fingerprint density at radius 1 is 1.45 bits per heavy atom. The van der Waals surface area contributed by atoms with E-state index in [1.165, 1.54) is 12.7 Å². The number of aliphatic hydroxyl groups excluding tert-OH is 1. The van der Waals surface area contributed by atoms with Gasteiger partial charge in [0.25, 0.3) is 0 Å². The molecule has 5 unspecified atom stereocenters. The number of hydrogen-bond acceptors (Lipinski definition) is 7. The first-order chi connectivity index (χ1) is 10.4. The molecule has 3 rings (SSSR count). The van der Waals surface area contributed by atoms with E-state index in [1.54, 1.807) is 11.5 Å². The number of aliphatic hydroxyl groups is 2. The minimum atomic E-state index is -1.46. The van der Waals surface area contributed by atoms with Crippen LogP contribution in [0.2, 0.25) is 0 Å². The molecular formula is C14H21N5O3. The standard InChI is InChI=1S/C14H21N5O3/c1-4-7(2)9-10(20)14(3,21)13(22-9)19-6-18-8-11(15)16-5-17-12(8)19/h5-7,9-10,13,20-21H,4H2,1-3H3,(H2,15,16,17). The third-order valence-electron chi connectivity index (χ3n) is 4.54. The van der Waals surface area contributed by atoms with Crippen molar-refractivity contribution in [2.45, 2.75) is 51.2 Å². The molecule has 8 nitrogen and oxygen atoms in total. The number of ether oxygens (including phenoxy) is 1. The lowest BCUT2D eigenvalue weighted by atomic mass is 9.89. The van der Waals surface area contributed by atoms with Gasteiger partial charge in [-0.3, -0.25) is 4.57 Å². The lowest BCUT2D eigenvalue weighted by Gasteiger charge is -2.27. The van der Waals surface area contributed by atoms with Crippen LogP contribution < -0.4 is 5.73 Å². The fourth-order valence-electron chi connectivity index (χ4n) is 2.91. The van der Waals surface area contributed by atoms with Crippen molar-refractivity contribution in [2.75, 3.05) is 5.73 Å². The minimum Gasteiger partial charge on any atom is -0.387 e. The summed E-state index contributed by atoms with van der Waals surface area (Å²) >= 11 is 0. The van der Waals surface area contributed by atoms with E-state index in [4.69, 9.17) is 10.5 Å². The summed E-state index contributed by atoms with van der Waals surface area (Å²) in [5, 5.41) is 21.2. The molecule has 1 aliphatic rings. The summed E-state index contributed by atoms with van der Waals surface area (Å²) in [6.45, 7) is 5.56. The molecule has 1 saturated heterocycles. The first kappa shape index (κ1) is 15.1. The van der Waals surface area contributed by atoms with Crippen LogP contribution >= 0.6 is 0 Å². The van der Waals surface area contributed by atoms with Gasteiger partial charge in [0.1, 0.15) is 23.5 Å². The van der Waals surface area contributed by atoms with Crippen LogP contribution in [0.4, 0.5) is 5.82 Å². The Morgan fingerprint density at radius 2 is 2.18 bits per heavy atom. The molecule has 8 heteroatoms.